The zero-order valence-corrected chi connectivity index (χ0v) is 15.1. The van der Waals surface area contributed by atoms with Gasteiger partial charge in [-0.15, -0.1) is 0 Å². The molecule has 134 valence electrons. The van der Waals surface area contributed by atoms with Crippen molar-refractivity contribution in [3.63, 3.8) is 0 Å². The molecule has 0 rings (SSSR count). The Morgan fingerprint density at radius 1 is 0.636 bits per heavy atom. The summed E-state index contributed by atoms with van der Waals surface area (Å²) in [6, 6.07) is 0. The van der Waals surface area contributed by atoms with Crippen molar-refractivity contribution in [2.24, 2.45) is 17.2 Å². The minimum absolute atomic E-state index is 0.483. The maximum absolute atomic E-state index is 6.35. The van der Waals surface area contributed by atoms with E-state index in [1.807, 2.05) is 20.8 Å². The lowest BCUT2D eigenvalue weighted by molar-refractivity contribution is -0.335. The molecule has 22 heavy (non-hydrogen) atoms. The topological polar surface area (TPSA) is 109 Å². The van der Waals surface area contributed by atoms with Crippen molar-refractivity contribution >= 4 is 0 Å². The highest BCUT2D eigenvalue weighted by atomic mass is 16.6. The van der Waals surface area contributed by atoms with Crippen LogP contribution in [-0.2, 0) is 14.2 Å². The second-order valence-corrected chi connectivity index (χ2v) is 6.04. The molecule has 0 aromatic carbocycles. The van der Waals surface area contributed by atoms with Crippen molar-refractivity contribution in [2.45, 2.75) is 78.4 Å². The second-order valence-electron chi connectivity index (χ2n) is 6.04. The molecule has 0 aliphatic heterocycles. The molecular weight excluding hydrogens is 284 g/mol. The van der Waals surface area contributed by atoms with E-state index >= 15 is 0 Å². The summed E-state index contributed by atoms with van der Waals surface area (Å²) in [4.78, 5) is 1.55. The third-order valence-corrected chi connectivity index (χ3v) is 3.13. The molecular formula is C15H36N4O3. The predicted octanol–water partition coefficient (Wildman–Crippen LogP) is 1.47. The highest BCUT2D eigenvalue weighted by molar-refractivity contribution is 4.86. The van der Waals surface area contributed by atoms with E-state index in [-0.39, 0.29) is 0 Å². The first-order chi connectivity index (χ1) is 10.0. The zero-order valence-electron chi connectivity index (χ0n) is 15.1. The van der Waals surface area contributed by atoms with Gasteiger partial charge in [-0.3, -0.25) is 17.2 Å². The van der Waals surface area contributed by atoms with E-state index in [4.69, 9.17) is 31.4 Å². The van der Waals surface area contributed by atoms with Crippen LogP contribution in [0.1, 0.15) is 60.8 Å². The summed E-state index contributed by atoms with van der Waals surface area (Å²) in [7, 11) is 0. The molecule has 7 heteroatoms. The van der Waals surface area contributed by atoms with E-state index in [9.17, 15) is 0 Å². The number of nitrogens with zero attached hydrogens (tertiary/aromatic N) is 1. The molecule has 0 aromatic rings. The molecule has 0 saturated carbocycles. The Morgan fingerprint density at radius 3 is 1.05 bits per heavy atom. The molecule has 0 amide bonds. The molecule has 0 heterocycles. The second kappa shape index (κ2) is 9.12. The smallest absolute Gasteiger partial charge is 0.178 e. The van der Waals surface area contributed by atoms with Crippen molar-refractivity contribution in [3.05, 3.63) is 0 Å². The summed E-state index contributed by atoms with van der Waals surface area (Å²) in [5.41, 5.74) is 19.0. The molecule has 3 atom stereocenters. The molecule has 0 fully saturated rings. The number of nitrogens with two attached hydrogens (primary N) is 3. The zero-order chi connectivity index (χ0) is 17.4. The Morgan fingerprint density at radius 2 is 0.864 bits per heavy atom. The molecule has 0 bridgehead atoms. The molecule has 3 unspecified atom stereocenters. The quantitative estimate of drug-likeness (QED) is 0.467. The minimum Gasteiger partial charge on any atom is -0.347 e. The standard InChI is InChI=1S/C15H36N4O3/c1-7-10-20-13(4,16)19(14(5,17)21-11-8-2)15(6,18)22-12-9-3/h7-12,16-18H2,1-6H3. The van der Waals surface area contributed by atoms with E-state index in [1.54, 1.807) is 25.7 Å². The first kappa shape index (κ1) is 21.7. The Bertz CT molecular complexity index is 262. The van der Waals surface area contributed by atoms with Crippen molar-refractivity contribution in [1.29, 1.82) is 0 Å². The van der Waals surface area contributed by atoms with Crippen LogP contribution in [0.3, 0.4) is 0 Å². The molecule has 7 nitrogen and oxygen atoms in total. The lowest BCUT2D eigenvalue weighted by Crippen LogP contribution is -2.78. The summed E-state index contributed by atoms with van der Waals surface area (Å²) in [5, 5.41) is 0. The van der Waals surface area contributed by atoms with Crippen LogP contribution in [0.4, 0.5) is 0 Å². The molecule has 0 saturated heterocycles. The van der Waals surface area contributed by atoms with Gasteiger partial charge in [0.25, 0.3) is 0 Å². The van der Waals surface area contributed by atoms with Crippen LogP contribution in [0.15, 0.2) is 0 Å². The van der Waals surface area contributed by atoms with Gasteiger partial charge in [-0.05, 0) is 40.0 Å². The fraction of sp³-hybridized carbons (Fsp3) is 1.00. The van der Waals surface area contributed by atoms with Gasteiger partial charge in [0.15, 0.2) is 17.5 Å². The van der Waals surface area contributed by atoms with Crippen LogP contribution >= 0.6 is 0 Å². The fourth-order valence-electron chi connectivity index (χ4n) is 2.44. The molecule has 0 radical (unpaired) electrons. The van der Waals surface area contributed by atoms with E-state index < -0.39 is 17.5 Å². The van der Waals surface area contributed by atoms with E-state index in [0.29, 0.717) is 19.8 Å². The summed E-state index contributed by atoms with van der Waals surface area (Å²) in [5.74, 6) is -3.69. The number of hydrogen-bond donors (Lipinski definition) is 3. The Labute approximate surface area is 135 Å². The van der Waals surface area contributed by atoms with Gasteiger partial charge in [0.1, 0.15) is 0 Å². The van der Waals surface area contributed by atoms with Gasteiger partial charge in [0.2, 0.25) is 0 Å². The lowest BCUT2D eigenvalue weighted by Gasteiger charge is -2.53. The maximum atomic E-state index is 6.35. The van der Waals surface area contributed by atoms with E-state index in [1.165, 1.54) is 0 Å². The molecule has 0 aliphatic carbocycles. The van der Waals surface area contributed by atoms with E-state index in [0.717, 1.165) is 19.3 Å². The molecule has 6 N–H and O–H groups in total. The maximum Gasteiger partial charge on any atom is 0.178 e. The average Bonchev–Trinajstić information content (AvgIpc) is 2.39. The van der Waals surface area contributed by atoms with Gasteiger partial charge >= 0.3 is 0 Å². The van der Waals surface area contributed by atoms with Gasteiger partial charge in [0.05, 0.1) is 19.8 Å². The van der Waals surface area contributed by atoms with Crippen molar-refractivity contribution in [3.8, 4) is 0 Å². The van der Waals surface area contributed by atoms with E-state index in [2.05, 4.69) is 0 Å². The summed E-state index contributed by atoms with van der Waals surface area (Å²) in [6.07, 6.45) is 2.48. The summed E-state index contributed by atoms with van der Waals surface area (Å²) >= 11 is 0. The van der Waals surface area contributed by atoms with Crippen molar-refractivity contribution < 1.29 is 14.2 Å². The Balaban J connectivity index is 5.46. The molecule has 0 aromatic heterocycles. The summed E-state index contributed by atoms with van der Waals surface area (Å²) < 4.78 is 17.3. The van der Waals surface area contributed by atoms with Crippen LogP contribution in [0.5, 0.6) is 0 Å². The Hall–Kier alpha value is -0.280. The van der Waals surface area contributed by atoms with Crippen molar-refractivity contribution in [2.75, 3.05) is 19.8 Å². The van der Waals surface area contributed by atoms with Gasteiger partial charge in [-0.2, -0.15) is 4.90 Å². The predicted molar refractivity (Wildman–Crippen MR) is 88.3 cm³/mol. The summed E-state index contributed by atoms with van der Waals surface area (Å²) in [6.45, 7) is 12.6. The number of ether oxygens (including phenoxy) is 3. The largest absolute Gasteiger partial charge is 0.347 e. The normalized spacial score (nSPS) is 20.5. The third-order valence-electron chi connectivity index (χ3n) is 3.13. The SMILES string of the molecule is CCCOC(C)(N)N(C(C)(N)OCCC)C(C)(N)OCCC. The molecule has 0 spiro atoms. The van der Waals surface area contributed by atoms with Crippen molar-refractivity contribution in [1.82, 2.24) is 4.90 Å². The minimum atomic E-state index is -1.23. The lowest BCUT2D eigenvalue weighted by atomic mass is 10.2. The highest BCUT2D eigenvalue weighted by Crippen LogP contribution is 2.29. The Kier molecular flexibility index (Phi) is 9.01. The highest BCUT2D eigenvalue weighted by Gasteiger charge is 2.50. The van der Waals surface area contributed by atoms with Gasteiger partial charge in [0, 0.05) is 0 Å². The first-order valence-corrected chi connectivity index (χ1v) is 8.14. The van der Waals surface area contributed by atoms with Crippen LogP contribution in [0.2, 0.25) is 0 Å². The number of rotatable bonds is 12. The van der Waals surface area contributed by atoms with Crippen LogP contribution in [0, 0.1) is 0 Å². The van der Waals surface area contributed by atoms with Gasteiger partial charge < -0.3 is 14.2 Å². The first-order valence-electron chi connectivity index (χ1n) is 8.14. The van der Waals surface area contributed by atoms with Gasteiger partial charge in [-0.25, -0.2) is 0 Å². The van der Waals surface area contributed by atoms with Crippen LogP contribution in [0.25, 0.3) is 0 Å². The third kappa shape index (κ3) is 6.45. The van der Waals surface area contributed by atoms with Gasteiger partial charge in [-0.1, -0.05) is 20.8 Å². The van der Waals surface area contributed by atoms with Crippen LogP contribution < -0.4 is 17.2 Å². The average molecular weight is 320 g/mol. The molecule has 0 aliphatic rings. The monoisotopic (exact) mass is 320 g/mol. The number of hydrogen-bond acceptors (Lipinski definition) is 7. The fourth-order valence-corrected chi connectivity index (χ4v) is 2.44. The van der Waals surface area contributed by atoms with Crippen LogP contribution in [-0.4, -0.2) is 42.3 Å².